The van der Waals surface area contributed by atoms with E-state index in [-0.39, 0.29) is 0 Å². The zero-order valence-corrected chi connectivity index (χ0v) is 9.86. The smallest absolute Gasteiger partial charge is 0.0951 e. The Morgan fingerprint density at radius 2 is 2.33 bits per heavy atom. The number of hydrogen-bond donors (Lipinski definition) is 1. The SMILES string of the molecule is CCNCCOCc1cncn1C(C)C. The molecule has 0 amide bonds. The summed E-state index contributed by atoms with van der Waals surface area (Å²) in [5.74, 6) is 0. The van der Waals surface area contributed by atoms with Gasteiger partial charge in [-0.15, -0.1) is 0 Å². The minimum atomic E-state index is 0.444. The minimum absolute atomic E-state index is 0.444. The highest BCUT2D eigenvalue weighted by molar-refractivity contribution is 4.97. The van der Waals surface area contributed by atoms with Crippen LogP contribution in [-0.2, 0) is 11.3 Å². The van der Waals surface area contributed by atoms with Crippen LogP contribution in [0.4, 0.5) is 0 Å². The van der Waals surface area contributed by atoms with Gasteiger partial charge in [0.05, 0.1) is 31.4 Å². The largest absolute Gasteiger partial charge is 0.374 e. The minimum Gasteiger partial charge on any atom is -0.374 e. The fourth-order valence-corrected chi connectivity index (χ4v) is 1.41. The third kappa shape index (κ3) is 4.01. The molecule has 0 fully saturated rings. The van der Waals surface area contributed by atoms with Crippen molar-refractivity contribution in [2.24, 2.45) is 0 Å². The third-order valence-corrected chi connectivity index (χ3v) is 2.23. The van der Waals surface area contributed by atoms with Crippen LogP contribution in [0.3, 0.4) is 0 Å². The van der Waals surface area contributed by atoms with E-state index in [9.17, 15) is 0 Å². The Balaban J connectivity index is 2.28. The van der Waals surface area contributed by atoms with Crippen molar-refractivity contribution in [3.8, 4) is 0 Å². The maximum atomic E-state index is 5.55. The average Bonchev–Trinajstić information content (AvgIpc) is 2.66. The molecule has 4 nitrogen and oxygen atoms in total. The van der Waals surface area contributed by atoms with Gasteiger partial charge in [0.1, 0.15) is 0 Å². The van der Waals surface area contributed by atoms with E-state index in [2.05, 4.69) is 35.6 Å². The van der Waals surface area contributed by atoms with Gasteiger partial charge < -0.3 is 14.6 Å². The topological polar surface area (TPSA) is 39.1 Å². The molecular formula is C11H21N3O. The lowest BCUT2D eigenvalue weighted by Crippen LogP contribution is -2.19. The molecule has 0 bridgehead atoms. The van der Waals surface area contributed by atoms with Crippen LogP contribution in [0, 0.1) is 0 Å². The standard InChI is InChI=1S/C11H21N3O/c1-4-12-5-6-15-8-11-7-13-9-14(11)10(2)3/h7,9-10,12H,4-6,8H2,1-3H3. The Kier molecular flexibility index (Phi) is 5.36. The van der Waals surface area contributed by atoms with Gasteiger partial charge in [-0.25, -0.2) is 4.98 Å². The van der Waals surface area contributed by atoms with Gasteiger partial charge in [0.25, 0.3) is 0 Å². The second kappa shape index (κ2) is 6.58. The molecule has 0 saturated heterocycles. The first-order chi connectivity index (χ1) is 7.25. The predicted molar refractivity (Wildman–Crippen MR) is 60.8 cm³/mol. The number of rotatable bonds is 7. The summed E-state index contributed by atoms with van der Waals surface area (Å²) in [5, 5.41) is 3.22. The maximum absolute atomic E-state index is 5.55. The summed E-state index contributed by atoms with van der Waals surface area (Å²) in [5.41, 5.74) is 1.14. The molecule has 0 saturated carbocycles. The number of ether oxygens (including phenoxy) is 1. The van der Waals surface area contributed by atoms with Crippen molar-refractivity contribution < 1.29 is 4.74 Å². The van der Waals surface area contributed by atoms with Crippen LogP contribution in [0.25, 0.3) is 0 Å². The van der Waals surface area contributed by atoms with E-state index in [1.807, 2.05) is 12.5 Å². The molecule has 1 N–H and O–H groups in total. The number of aromatic nitrogens is 2. The van der Waals surface area contributed by atoms with Crippen molar-refractivity contribution in [2.75, 3.05) is 19.7 Å². The molecule has 0 aliphatic heterocycles. The summed E-state index contributed by atoms with van der Waals surface area (Å²) in [6, 6.07) is 0.444. The maximum Gasteiger partial charge on any atom is 0.0951 e. The fourth-order valence-electron chi connectivity index (χ4n) is 1.41. The molecule has 0 aliphatic carbocycles. The summed E-state index contributed by atoms with van der Waals surface area (Å²) in [7, 11) is 0. The van der Waals surface area contributed by atoms with Gasteiger partial charge in [0.2, 0.25) is 0 Å². The van der Waals surface area contributed by atoms with Crippen LogP contribution >= 0.6 is 0 Å². The lowest BCUT2D eigenvalue weighted by molar-refractivity contribution is 0.117. The van der Waals surface area contributed by atoms with E-state index >= 15 is 0 Å². The highest BCUT2D eigenvalue weighted by atomic mass is 16.5. The third-order valence-electron chi connectivity index (χ3n) is 2.23. The highest BCUT2D eigenvalue weighted by Gasteiger charge is 2.04. The summed E-state index contributed by atoms with van der Waals surface area (Å²) in [4.78, 5) is 4.13. The van der Waals surface area contributed by atoms with E-state index in [4.69, 9.17) is 4.74 Å². The first kappa shape index (κ1) is 12.2. The van der Waals surface area contributed by atoms with Crippen molar-refractivity contribution in [3.63, 3.8) is 0 Å². The first-order valence-corrected chi connectivity index (χ1v) is 5.54. The number of nitrogens with one attached hydrogen (secondary N) is 1. The van der Waals surface area contributed by atoms with Gasteiger partial charge in [0.15, 0.2) is 0 Å². The van der Waals surface area contributed by atoms with Gasteiger partial charge >= 0.3 is 0 Å². The quantitative estimate of drug-likeness (QED) is 0.696. The van der Waals surface area contributed by atoms with E-state index in [1.165, 1.54) is 0 Å². The molecule has 1 rings (SSSR count). The van der Waals surface area contributed by atoms with E-state index in [0.717, 1.165) is 25.4 Å². The molecule has 0 aromatic carbocycles. The monoisotopic (exact) mass is 211 g/mol. The van der Waals surface area contributed by atoms with Crippen LogP contribution in [0.15, 0.2) is 12.5 Å². The van der Waals surface area contributed by atoms with Gasteiger partial charge in [-0.05, 0) is 20.4 Å². The molecule has 86 valence electrons. The molecule has 0 spiro atoms. The Labute approximate surface area is 91.7 Å². The van der Waals surface area contributed by atoms with Crippen LogP contribution in [-0.4, -0.2) is 29.2 Å². The highest BCUT2D eigenvalue weighted by Crippen LogP contribution is 2.09. The number of nitrogens with zero attached hydrogens (tertiary/aromatic N) is 2. The van der Waals surface area contributed by atoms with E-state index < -0.39 is 0 Å². The van der Waals surface area contributed by atoms with Gasteiger partial charge in [-0.2, -0.15) is 0 Å². The van der Waals surface area contributed by atoms with Gasteiger partial charge in [0, 0.05) is 12.6 Å². The Bertz CT molecular complexity index is 271. The Morgan fingerprint density at radius 1 is 1.53 bits per heavy atom. The number of imidazole rings is 1. The Morgan fingerprint density at radius 3 is 3.00 bits per heavy atom. The van der Waals surface area contributed by atoms with E-state index in [0.29, 0.717) is 12.6 Å². The van der Waals surface area contributed by atoms with Crippen LogP contribution in [0.1, 0.15) is 32.5 Å². The number of likely N-dealkylation sites (N-methyl/N-ethyl adjacent to an activating group) is 1. The van der Waals surface area contributed by atoms with Gasteiger partial charge in [-0.3, -0.25) is 0 Å². The van der Waals surface area contributed by atoms with Crippen LogP contribution < -0.4 is 5.32 Å². The Hall–Kier alpha value is -0.870. The average molecular weight is 211 g/mol. The molecule has 0 aliphatic rings. The zero-order valence-electron chi connectivity index (χ0n) is 9.86. The van der Waals surface area contributed by atoms with Gasteiger partial charge in [-0.1, -0.05) is 6.92 Å². The van der Waals surface area contributed by atoms with Crippen molar-refractivity contribution in [1.82, 2.24) is 14.9 Å². The molecule has 15 heavy (non-hydrogen) atoms. The molecule has 0 atom stereocenters. The summed E-state index contributed by atoms with van der Waals surface area (Å²) in [6.45, 7) is 9.67. The van der Waals surface area contributed by atoms with Crippen LogP contribution in [0.2, 0.25) is 0 Å². The molecular weight excluding hydrogens is 190 g/mol. The first-order valence-electron chi connectivity index (χ1n) is 5.54. The molecule has 4 heteroatoms. The fraction of sp³-hybridized carbons (Fsp3) is 0.727. The molecule has 0 unspecified atom stereocenters. The zero-order chi connectivity index (χ0) is 11.1. The van der Waals surface area contributed by atoms with Crippen molar-refractivity contribution in [3.05, 3.63) is 18.2 Å². The second-order valence-corrected chi connectivity index (χ2v) is 3.79. The van der Waals surface area contributed by atoms with Crippen molar-refractivity contribution in [1.29, 1.82) is 0 Å². The summed E-state index contributed by atoms with van der Waals surface area (Å²) in [6.07, 6.45) is 3.72. The summed E-state index contributed by atoms with van der Waals surface area (Å²) >= 11 is 0. The molecule has 1 heterocycles. The summed E-state index contributed by atoms with van der Waals surface area (Å²) < 4.78 is 7.68. The van der Waals surface area contributed by atoms with E-state index in [1.54, 1.807) is 0 Å². The van der Waals surface area contributed by atoms with Crippen LogP contribution in [0.5, 0.6) is 0 Å². The molecule has 0 radical (unpaired) electrons. The lowest BCUT2D eigenvalue weighted by Gasteiger charge is -2.11. The molecule has 1 aromatic rings. The predicted octanol–water partition coefficient (Wildman–Crippen LogP) is 1.59. The van der Waals surface area contributed by atoms with Crippen molar-refractivity contribution >= 4 is 0 Å². The number of hydrogen-bond acceptors (Lipinski definition) is 3. The second-order valence-electron chi connectivity index (χ2n) is 3.79. The van der Waals surface area contributed by atoms with Crippen molar-refractivity contribution in [2.45, 2.75) is 33.4 Å². The lowest BCUT2D eigenvalue weighted by atomic mass is 10.3. The molecule has 1 aromatic heterocycles. The normalized spacial score (nSPS) is 11.2.